The molecule has 0 fully saturated rings. The number of rotatable bonds is 27. The molecule has 40 heavy (non-hydrogen) atoms. The van der Waals surface area contributed by atoms with Crippen LogP contribution in [0.2, 0.25) is 0 Å². The third-order valence-corrected chi connectivity index (χ3v) is 10.0. The molecular weight excluding hydrogens is 525 g/mol. The second-order valence-corrected chi connectivity index (χ2v) is 13.9. The molecular formula is C36H62N2S2+2. The summed E-state index contributed by atoms with van der Waals surface area (Å²) in [6.45, 7) is 6.91. The van der Waals surface area contributed by atoms with Gasteiger partial charge < -0.3 is 0 Å². The van der Waals surface area contributed by atoms with Crippen molar-refractivity contribution in [2.24, 2.45) is 0 Å². The first kappa shape index (κ1) is 35.2. The number of pyridine rings is 2. The maximum Gasteiger partial charge on any atom is 0.169 e. The van der Waals surface area contributed by atoms with Gasteiger partial charge in [-0.25, -0.2) is 9.13 Å². The van der Waals surface area contributed by atoms with E-state index >= 15 is 0 Å². The summed E-state index contributed by atoms with van der Waals surface area (Å²) in [7, 11) is 0. The van der Waals surface area contributed by atoms with E-state index in [2.05, 4.69) is 72.0 Å². The molecule has 0 aliphatic heterocycles. The number of nitrogens with zero attached hydrogens (tertiary/aromatic N) is 2. The lowest BCUT2D eigenvalue weighted by molar-refractivity contribution is -0.697. The Kier molecular flexibility index (Phi) is 22.6. The van der Waals surface area contributed by atoms with Gasteiger partial charge in [-0.05, 0) is 37.2 Å². The third-order valence-electron chi connectivity index (χ3n) is 7.84. The van der Waals surface area contributed by atoms with Gasteiger partial charge in [-0.1, -0.05) is 104 Å². The maximum atomic E-state index is 2.36. The molecule has 0 aliphatic carbocycles. The first-order valence-corrected chi connectivity index (χ1v) is 19.0. The fraction of sp³-hybridized carbons (Fsp3) is 0.722. The molecule has 0 radical (unpaired) electrons. The van der Waals surface area contributed by atoms with Crippen LogP contribution in [0.4, 0.5) is 0 Å². The fourth-order valence-corrected chi connectivity index (χ4v) is 6.97. The maximum absolute atomic E-state index is 2.36. The fourth-order valence-electron chi connectivity index (χ4n) is 5.17. The summed E-state index contributed by atoms with van der Waals surface area (Å²) in [5.41, 5.74) is 0. The van der Waals surface area contributed by atoms with E-state index in [1.54, 1.807) is 0 Å². The lowest BCUT2D eigenvalue weighted by atomic mass is 10.1. The van der Waals surface area contributed by atoms with E-state index < -0.39 is 0 Å². The minimum absolute atomic E-state index is 1.17. The van der Waals surface area contributed by atoms with Gasteiger partial charge in [-0.15, -0.1) is 23.5 Å². The van der Waals surface area contributed by atoms with Crippen LogP contribution in [0.15, 0.2) is 58.8 Å². The molecule has 0 amide bonds. The molecule has 0 unspecified atom stereocenters. The lowest BCUT2D eigenvalue weighted by Gasteiger charge is -2.04. The van der Waals surface area contributed by atoms with Crippen LogP contribution in [0, 0.1) is 0 Å². The highest BCUT2D eigenvalue weighted by atomic mass is 32.2. The van der Waals surface area contributed by atoms with E-state index in [1.807, 2.05) is 23.5 Å². The Bertz CT molecular complexity index is 737. The molecule has 0 aromatic carbocycles. The lowest BCUT2D eigenvalue weighted by Crippen LogP contribution is -2.32. The molecule has 0 bridgehead atoms. The molecule has 0 N–H and O–H groups in total. The highest BCUT2D eigenvalue weighted by Gasteiger charge is 2.03. The molecule has 2 aromatic heterocycles. The first-order valence-electron chi connectivity index (χ1n) is 17.1. The van der Waals surface area contributed by atoms with E-state index in [0.29, 0.717) is 0 Å². The van der Waals surface area contributed by atoms with Crippen molar-refractivity contribution in [3.8, 4) is 0 Å². The van der Waals surface area contributed by atoms with Crippen LogP contribution in [0.25, 0.3) is 0 Å². The molecule has 2 rings (SSSR count). The van der Waals surface area contributed by atoms with E-state index in [0.717, 1.165) is 0 Å². The molecule has 0 spiro atoms. The van der Waals surface area contributed by atoms with Crippen molar-refractivity contribution in [2.45, 2.75) is 165 Å². The zero-order chi connectivity index (χ0) is 28.4. The molecule has 2 nitrogen and oxygen atoms in total. The average Bonchev–Trinajstić information content (AvgIpc) is 2.98. The van der Waals surface area contributed by atoms with Crippen LogP contribution < -0.4 is 9.13 Å². The summed E-state index contributed by atoms with van der Waals surface area (Å²) in [6.07, 6.45) is 36.7. The normalized spacial score (nSPS) is 11.3. The molecule has 4 heteroatoms. The highest BCUT2D eigenvalue weighted by Crippen LogP contribution is 2.20. The molecule has 2 aromatic rings. The number of unbranched alkanes of at least 4 members (excludes halogenated alkanes) is 17. The Morgan fingerprint density at radius 2 is 0.700 bits per heavy atom. The number of aryl methyl sites for hydroxylation is 2. The summed E-state index contributed by atoms with van der Waals surface area (Å²) in [6, 6.07) is 9.24. The second-order valence-electron chi connectivity index (χ2n) is 11.6. The Hall–Kier alpha value is -1.00. The van der Waals surface area contributed by atoms with Crippen molar-refractivity contribution in [1.29, 1.82) is 0 Å². The summed E-state index contributed by atoms with van der Waals surface area (Å²) in [5, 5.41) is 0. The van der Waals surface area contributed by atoms with Gasteiger partial charge in [0.1, 0.15) is 13.1 Å². The monoisotopic (exact) mass is 586 g/mol. The number of thioether (sulfide) groups is 2. The highest BCUT2D eigenvalue weighted by molar-refractivity contribution is 7.99. The molecule has 0 atom stereocenters. The molecule has 2 heterocycles. The summed E-state index contributed by atoms with van der Waals surface area (Å²) in [4.78, 5) is 2.86. The van der Waals surface area contributed by atoms with Crippen molar-refractivity contribution >= 4 is 23.5 Å². The molecule has 0 aliphatic rings. The van der Waals surface area contributed by atoms with Crippen LogP contribution in [-0.2, 0) is 13.1 Å². The standard InChI is InChI=1S/C36H62N2S2/c1-3-5-7-9-15-19-27-37-29-23-35(24-30-37)39-33-21-17-13-11-12-14-18-22-34-40-36-25-31-38(32-26-36)28-20-16-10-8-6-4-2/h23-26,29-32H,3-22,27-28,33-34H2,1-2H3/q+2. The van der Waals surface area contributed by atoms with Gasteiger partial charge in [0.2, 0.25) is 0 Å². The largest absolute Gasteiger partial charge is 0.205 e. The number of hydrogen-bond acceptors (Lipinski definition) is 2. The molecule has 0 saturated heterocycles. The Labute approximate surface area is 257 Å². The van der Waals surface area contributed by atoms with Crippen molar-refractivity contribution in [3.05, 3.63) is 49.1 Å². The predicted molar refractivity (Wildman–Crippen MR) is 178 cm³/mol. The van der Waals surface area contributed by atoms with E-state index in [9.17, 15) is 0 Å². The van der Waals surface area contributed by atoms with Gasteiger partial charge in [0, 0.05) is 46.9 Å². The number of aromatic nitrogens is 2. The van der Waals surface area contributed by atoms with Crippen molar-refractivity contribution < 1.29 is 9.13 Å². The van der Waals surface area contributed by atoms with Crippen LogP contribution in [0.1, 0.15) is 142 Å². The van der Waals surface area contributed by atoms with Crippen molar-refractivity contribution in [2.75, 3.05) is 11.5 Å². The smallest absolute Gasteiger partial charge is 0.169 e. The van der Waals surface area contributed by atoms with E-state index in [-0.39, 0.29) is 0 Å². The number of hydrogen-bond donors (Lipinski definition) is 0. The van der Waals surface area contributed by atoms with Crippen molar-refractivity contribution in [3.63, 3.8) is 0 Å². The zero-order valence-corrected chi connectivity index (χ0v) is 27.9. The van der Waals surface area contributed by atoms with Crippen LogP contribution in [0.5, 0.6) is 0 Å². The van der Waals surface area contributed by atoms with Crippen LogP contribution >= 0.6 is 23.5 Å². The summed E-state index contributed by atoms with van der Waals surface area (Å²) >= 11 is 4.06. The quantitative estimate of drug-likeness (QED) is 0.0584. The van der Waals surface area contributed by atoms with E-state index in [4.69, 9.17) is 0 Å². The SMILES string of the molecule is CCCCCCCC[n+]1ccc(SCCCCCCCCCCSc2cc[n+](CCCCCCCC)cc2)cc1. The van der Waals surface area contributed by atoms with Gasteiger partial charge in [0.05, 0.1) is 0 Å². The van der Waals surface area contributed by atoms with Gasteiger partial charge in [-0.2, -0.15) is 0 Å². The van der Waals surface area contributed by atoms with Gasteiger partial charge in [0.15, 0.2) is 24.8 Å². The first-order chi connectivity index (χ1) is 19.8. The minimum atomic E-state index is 1.17. The van der Waals surface area contributed by atoms with Gasteiger partial charge >= 0.3 is 0 Å². The van der Waals surface area contributed by atoms with Gasteiger partial charge in [-0.3, -0.25) is 0 Å². The Morgan fingerprint density at radius 3 is 1.05 bits per heavy atom. The molecule has 226 valence electrons. The minimum Gasteiger partial charge on any atom is -0.205 e. The topological polar surface area (TPSA) is 7.76 Å². The van der Waals surface area contributed by atoms with Crippen LogP contribution in [-0.4, -0.2) is 11.5 Å². The Balaban J connectivity index is 1.35. The summed E-state index contributed by atoms with van der Waals surface area (Å²) < 4.78 is 4.72. The zero-order valence-electron chi connectivity index (χ0n) is 26.3. The van der Waals surface area contributed by atoms with Gasteiger partial charge in [0.25, 0.3) is 0 Å². The van der Waals surface area contributed by atoms with E-state index in [1.165, 1.54) is 163 Å². The summed E-state index contributed by atoms with van der Waals surface area (Å²) in [5.74, 6) is 2.52. The van der Waals surface area contributed by atoms with Crippen LogP contribution in [0.3, 0.4) is 0 Å². The predicted octanol–water partition coefficient (Wildman–Crippen LogP) is 11.0. The second kappa shape index (κ2) is 25.7. The molecule has 0 saturated carbocycles. The third kappa shape index (κ3) is 19.2. The Morgan fingerprint density at radius 1 is 0.400 bits per heavy atom. The van der Waals surface area contributed by atoms with Crippen molar-refractivity contribution in [1.82, 2.24) is 0 Å². The average molecular weight is 587 g/mol.